The van der Waals surface area contributed by atoms with Gasteiger partial charge in [-0.1, -0.05) is 26.0 Å². The average molecular weight is 282 g/mol. The largest absolute Gasteiger partial charge is 0.395 e. The lowest BCUT2D eigenvalue weighted by Crippen LogP contribution is -2.42. The van der Waals surface area contributed by atoms with Crippen LogP contribution in [0, 0.1) is 11.2 Å². The van der Waals surface area contributed by atoms with Gasteiger partial charge in [0.25, 0.3) is 0 Å². The van der Waals surface area contributed by atoms with Crippen molar-refractivity contribution < 1.29 is 9.50 Å². The standard InChI is InChI=1S/C14H19FN2OS/c1-14(2)8-10-9(4-3-5-11(10)15)12(14)17-13(19)16-6-7-18/h3-5,12,18H,6-8H2,1-2H3,(H2,16,17,19). The van der Waals surface area contributed by atoms with Crippen molar-refractivity contribution in [3.63, 3.8) is 0 Å². The molecule has 2 rings (SSSR count). The summed E-state index contributed by atoms with van der Waals surface area (Å²) in [7, 11) is 0. The summed E-state index contributed by atoms with van der Waals surface area (Å²) in [6, 6.07) is 5.16. The van der Waals surface area contributed by atoms with E-state index in [1.54, 1.807) is 6.07 Å². The third kappa shape index (κ3) is 2.87. The minimum atomic E-state index is -0.149. The van der Waals surface area contributed by atoms with Crippen LogP contribution in [0.1, 0.15) is 31.0 Å². The molecular formula is C14H19FN2OS. The van der Waals surface area contributed by atoms with Crippen molar-refractivity contribution in [2.75, 3.05) is 13.2 Å². The number of aliphatic hydroxyl groups is 1. The molecule has 1 aromatic carbocycles. The molecule has 104 valence electrons. The van der Waals surface area contributed by atoms with Gasteiger partial charge in [-0.15, -0.1) is 0 Å². The number of rotatable bonds is 3. The maximum Gasteiger partial charge on any atom is 0.166 e. The number of halogens is 1. The van der Waals surface area contributed by atoms with Gasteiger partial charge in [0.15, 0.2) is 5.11 Å². The molecule has 0 fully saturated rings. The van der Waals surface area contributed by atoms with Crippen LogP contribution in [0.25, 0.3) is 0 Å². The van der Waals surface area contributed by atoms with Crippen LogP contribution in [0.2, 0.25) is 0 Å². The number of aliphatic hydroxyl groups excluding tert-OH is 1. The Morgan fingerprint density at radius 2 is 2.26 bits per heavy atom. The molecule has 5 heteroatoms. The van der Waals surface area contributed by atoms with E-state index < -0.39 is 0 Å². The first-order valence-corrected chi connectivity index (χ1v) is 6.79. The average Bonchev–Trinajstić information content (AvgIpc) is 2.60. The molecule has 0 amide bonds. The minimum absolute atomic E-state index is 0.0168. The van der Waals surface area contributed by atoms with E-state index in [-0.39, 0.29) is 23.9 Å². The van der Waals surface area contributed by atoms with E-state index in [2.05, 4.69) is 24.5 Å². The zero-order chi connectivity index (χ0) is 14.0. The molecule has 3 N–H and O–H groups in total. The Morgan fingerprint density at radius 1 is 1.53 bits per heavy atom. The Hall–Kier alpha value is -1.20. The molecule has 1 aromatic rings. The number of hydrogen-bond acceptors (Lipinski definition) is 2. The molecule has 1 aliphatic carbocycles. The molecule has 0 bridgehead atoms. The topological polar surface area (TPSA) is 44.3 Å². The Labute approximate surface area is 118 Å². The summed E-state index contributed by atoms with van der Waals surface area (Å²) < 4.78 is 13.8. The van der Waals surface area contributed by atoms with E-state index in [4.69, 9.17) is 17.3 Å². The molecule has 1 aliphatic rings. The zero-order valence-corrected chi connectivity index (χ0v) is 12.0. The molecule has 0 radical (unpaired) electrons. The zero-order valence-electron chi connectivity index (χ0n) is 11.2. The van der Waals surface area contributed by atoms with Gasteiger partial charge in [0.1, 0.15) is 5.82 Å². The molecular weight excluding hydrogens is 263 g/mol. The second-order valence-electron chi connectivity index (χ2n) is 5.53. The highest BCUT2D eigenvalue weighted by atomic mass is 32.1. The minimum Gasteiger partial charge on any atom is -0.395 e. The van der Waals surface area contributed by atoms with E-state index in [0.29, 0.717) is 18.1 Å². The van der Waals surface area contributed by atoms with Gasteiger partial charge >= 0.3 is 0 Å². The van der Waals surface area contributed by atoms with Gasteiger partial charge in [0, 0.05) is 6.54 Å². The first-order valence-electron chi connectivity index (χ1n) is 6.38. The number of thiocarbonyl (C=S) groups is 1. The van der Waals surface area contributed by atoms with E-state index in [0.717, 1.165) is 11.1 Å². The highest BCUT2D eigenvalue weighted by Crippen LogP contribution is 2.45. The second kappa shape index (κ2) is 5.43. The van der Waals surface area contributed by atoms with E-state index in [9.17, 15) is 4.39 Å². The summed E-state index contributed by atoms with van der Waals surface area (Å²) in [5.41, 5.74) is 1.64. The monoisotopic (exact) mass is 282 g/mol. The van der Waals surface area contributed by atoms with Crippen molar-refractivity contribution in [3.05, 3.63) is 35.1 Å². The van der Waals surface area contributed by atoms with Crippen LogP contribution in [0.4, 0.5) is 4.39 Å². The smallest absolute Gasteiger partial charge is 0.166 e. The van der Waals surface area contributed by atoms with Crippen LogP contribution < -0.4 is 10.6 Å². The van der Waals surface area contributed by atoms with Gasteiger partial charge in [-0.2, -0.15) is 0 Å². The van der Waals surface area contributed by atoms with Gasteiger partial charge in [-0.25, -0.2) is 4.39 Å². The van der Waals surface area contributed by atoms with Crippen LogP contribution in [-0.4, -0.2) is 23.4 Å². The SMILES string of the molecule is CC1(C)Cc2c(F)cccc2C1NC(=S)NCCO. The van der Waals surface area contributed by atoms with E-state index >= 15 is 0 Å². The summed E-state index contributed by atoms with van der Waals surface area (Å²) in [5.74, 6) is -0.149. The Balaban J connectivity index is 2.20. The van der Waals surface area contributed by atoms with Gasteiger partial charge in [-0.3, -0.25) is 0 Å². The van der Waals surface area contributed by atoms with Crippen LogP contribution in [0.15, 0.2) is 18.2 Å². The quantitative estimate of drug-likeness (QED) is 0.741. The fourth-order valence-corrected chi connectivity index (χ4v) is 2.86. The molecule has 0 heterocycles. The lowest BCUT2D eigenvalue weighted by Gasteiger charge is -2.29. The third-order valence-corrected chi connectivity index (χ3v) is 3.81. The fourth-order valence-electron chi connectivity index (χ4n) is 2.64. The number of hydrogen-bond donors (Lipinski definition) is 3. The van der Waals surface area contributed by atoms with Gasteiger partial charge in [0.05, 0.1) is 12.6 Å². The van der Waals surface area contributed by atoms with Crippen molar-refractivity contribution in [3.8, 4) is 0 Å². The van der Waals surface area contributed by atoms with Gasteiger partial charge in [0.2, 0.25) is 0 Å². The predicted molar refractivity (Wildman–Crippen MR) is 77.4 cm³/mol. The Bertz CT molecular complexity index is 490. The van der Waals surface area contributed by atoms with E-state index in [1.807, 2.05) is 6.07 Å². The molecule has 0 aromatic heterocycles. The highest BCUT2D eigenvalue weighted by Gasteiger charge is 2.40. The number of benzene rings is 1. The lowest BCUT2D eigenvalue weighted by molar-refractivity contribution is 0.289. The second-order valence-corrected chi connectivity index (χ2v) is 5.94. The first-order chi connectivity index (χ1) is 8.95. The van der Waals surface area contributed by atoms with Crippen LogP contribution >= 0.6 is 12.2 Å². The Kier molecular flexibility index (Phi) is 4.06. The first kappa shape index (κ1) is 14.2. The molecule has 0 saturated carbocycles. The summed E-state index contributed by atoms with van der Waals surface area (Å²) in [5, 5.41) is 15.4. The van der Waals surface area contributed by atoms with Gasteiger partial charge < -0.3 is 15.7 Å². The van der Waals surface area contributed by atoms with Gasteiger partial charge in [-0.05, 0) is 41.2 Å². The molecule has 1 atom stereocenters. The summed E-state index contributed by atoms with van der Waals surface area (Å²) in [6.45, 7) is 4.63. The molecule has 0 aliphatic heterocycles. The summed E-state index contributed by atoms with van der Waals surface area (Å²) in [6.07, 6.45) is 0.690. The van der Waals surface area contributed by atoms with Crippen LogP contribution in [0.5, 0.6) is 0 Å². The van der Waals surface area contributed by atoms with Crippen molar-refractivity contribution >= 4 is 17.3 Å². The van der Waals surface area contributed by atoms with Crippen molar-refractivity contribution in [1.29, 1.82) is 0 Å². The van der Waals surface area contributed by atoms with Crippen molar-refractivity contribution in [2.24, 2.45) is 5.41 Å². The number of fused-ring (bicyclic) bond motifs is 1. The molecule has 1 unspecified atom stereocenters. The summed E-state index contributed by atoms with van der Waals surface area (Å²) in [4.78, 5) is 0. The lowest BCUT2D eigenvalue weighted by atomic mass is 9.85. The predicted octanol–water partition coefficient (Wildman–Crippen LogP) is 1.91. The third-order valence-electron chi connectivity index (χ3n) is 3.55. The van der Waals surface area contributed by atoms with Crippen molar-refractivity contribution in [2.45, 2.75) is 26.3 Å². The van der Waals surface area contributed by atoms with Crippen molar-refractivity contribution in [1.82, 2.24) is 10.6 Å². The van der Waals surface area contributed by atoms with E-state index in [1.165, 1.54) is 6.07 Å². The number of nitrogens with one attached hydrogen (secondary N) is 2. The van der Waals surface area contributed by atoms with Crippen LogP contribution in [-0.2, 0) is 6.42 Å². The Morgan fingerprint density at radius 3 is 2.95 bits per heavy atom. The fraction of sp³-hybridized carbons (Fsp3) is 0.500. The molecule has 3 nitrogen and oxygen atoms in total. The normalized spacial score (nSPS) is 19.9. The molecule has 19 heavy (non-hydrogen) atoms. The summed E-state index contributed by atoms with van der Waals surface area (Å²) >= 11 is 5.19. The maximum atomic E-state index is 13.8. The highest BCUT2D eigenvalue weighted by molar-refractivity contribution is 7.80. The van der Waals surface area contributed by atoms with Crippen LogP contribution in [0.3, 0.4) is 0 Å². The molecule has 0 saturated heterocycles. The molecule has 0 spiro atoms. The maximum absolute atomic E-state index is 13.8.